The third-order valence-electron chi connectivity index (χ3n) is 5.55. The molecule has 0 saturated carbocycles. The predicted octanol–water partition coefficient (Wildman–Crippen LogP) is 4.20. The van der Waals surface area contributed by atoms with Gasteiger partial charge in [-0.1, -0.05) is 27.2 Å². The van der Waals surface area contributed by atoms with Gasteiger partial charge in [0.2, 0.25) is 16.0 Å². The van der Waals surface area contributed by atoms with Crippen molar-refractivity contribution in [3.05, 3.63) is 51.9 Å². The minimum atomic E-state index is -3.53. The van der Waals surface area contributed by atoms with Gasteiger partial charge in [-0.25, -0.2) is 18.1 Å². The maximum absolute atomic E-state index is 12.9. The first-order chi connectivity index (χ1) is 15.2. The number of hydrogen-bond acceptors (Lipinski definition) is 6. The van der Waals surface area contributed by atoms with Crippen LogP contribution in [0, 0.1) is 13.8 Å². The van der Waals surface area contributed by atoms with Gasteiger partial charge in [-0.05, 0) is 56.0 Å². The van der Waals surface area contributed by atoms with Gasteiger partial charge in [0.25, 0.3) is 5.56 Å². The minimum absolute atomic E-state index is 0.0610. The molecule has 0 aliphatic carbocycles. The average Bonchev–Trinajstić information content (AvgIpc) is 2.74. The molecular formula is C23H31N5O3S. The van der Waals surface area contributed by atoms with Crippen molar-refractivity contribution in [1.82, 2.24) is 19.3 Å². The smallest absolute Gasteiger partial charge is 0.252 e. The molecule has 0 saturated heterocycles. The van der Waals surface area contributed by atoms with Crippen molar-refractivity contribution in [2.24, 2.45) is 0 Å². The van der Waals surface area contributed by atoms with Crippen molar-refractivity contribution in [3.8, 4) is 0 Å². The molecule has 1 unspecified atom stereocenters. The van der Waals surface area contributed by atoms with Crippen molar-refractivity contribution in [1.29, 1.82) is 0 Å². The zero-order valence-corrected chi connectivity index (χ0v) is 20.1. The van der Waals surface area contributed by atoms with Crippen molar-refractivity contribution < 1.29 is 8.42 Å². The number of nitrogens with zero attached hydrogens (tertiary/aromatic N) is 3. The second-order valence-corrected chi connectivity index (χ2v) is 9.69. The van der Waals surface area contributed by atoms with Gasteiger partial charge in [-0.15, -0.1) is 0 Å². The van der Waals surface area contributed by atoms with Gasteiger partial charge in [0.1, 0.15) is 5.65 Å². The molecule has 2 aromatic heterocycles. The van der Waals surface area contributed by atoms with Gasteiger partial charge in [-0.3, -0.25) is 9.36 Å². The van der Waals surface area contributed by atoms with E-state index in [0.717, 1.165) is 35.8 Å². The lowest BCUT2D eigenvalue weighted by Crippen LogP contribution is -2.26. The molecule has 0 amide bonds. The number of sulfonamides is 1. The van der Waals surface area contributed by atoms with Gasteiger partial charge in [0.05, 0.1) is 4.90 Å². The fourth-order valence-electron chi connectivity index (χ4n) is 3.87. The number of fused-ring (bicyclic) bond motifs is 1. The molecule has 0 radical (unpaired) electrons. The van der Waals surface area contributed by atoms with Gasteiger partial charge < -0.3 is 5.32 Å². The zero-order valence-electron chi connectivity index (χ0n) is 19.3. The molecule has 1 aromatic carbocycles. The molecule has 0 bridgehead atoms. The second-order valence-electron chi connectivity index (χ2n) is 7.92. The largest absolute Gasteiger partial charge is 0.324 e. The lowest BCUT2D eigenvalue weighted by Gasteiger charge is -2.20. The van der Waals surface area contributed by atoms with Crippen molar-refractivity contribution >= 4 is 32.7 Å². The second kappa shape index (κ2) is 9.79. The molecule has 3 rings (SSSR count). The highest BCUT2D eigenvalue weighted by atomic mass is 32.2. The summed E-state index contributed by atoms with van der Waals surface area (Å²) in [7, 11) is -3.53. The number of pyridine rings is 1. The van der Waals surface area contributed by atoms with Crippen LogP contribution in [0.3, 0.4) is 0 Å². The van der Waals surface area contributed by atoms with E-state index in [1.807, 2.05) is 13.8 Å². The molecule has 1 atom stereocenters. The SMILES string of the molecule is CCCC(CC)n1c(=O)cc(C)c2cnc(Nc3ccc(S(=O)(=O)NCC)cc3C)nc21. The van der Waals surface area contributed by atoms with Crippen LogP contribution in [0.15, 0.2) is 40.2 Å². The van der Waals surface area contributed by atoms with Crippen LogP contribution in [0.4, 0.5) is 11.6 Å². The number of aryl methyl sites for hydroxylation is 2. The van der Waals surface area contributed by atoms with Crippen LogP contribution in [0.1, 0.15) is 57.2 Å². The van der Waals surface area contributed by atoms with Crippen LogP contribution in [0.25, 0.3) is 11.0 Å². The van der Waals surface area contributed by atoms with Crippen molar-refractivity contribution in [3.63, 3.8) is 0 Å². The summed E-state index contributed by atoms with van der Waals surface area (Å²) in [5.74, 6) is 0.355. The van der Waals surface area contributed by atoms with E-state index >= 15 is 0 Å². The lowest BCUT2D eigenvalue weighted by atomic mass is 10.1. The first kappa shape index (κ1) is 23.9. The fraction of sp³-hybridized carbons (Fsp3) is 0.435. The zero-order chi connectivity index (χ0) is 23.5. The van der Waals surface area contributed by atoms with Crippen molar-refractivity contribution in [2.45, 2.75) is 64.8 Å². The Bertz CT molecular complexity index is 1280. The van der Waals surface area contributed by atoms with Crippen LogP contribution in [0.5, 0.6) is 0 Å². The molecule has 0 aliphatic rings. The summed E-state index contributed by atoms with van der Waals surface area (Å²) >= 11 is 0. The Morgan fingerprint density at radius 1 is 1.09 bits per heavy atom. The number of benzene rings is 1. The molecule has 32 heavy (non-hydrogen) atoms. The van der Waals surface area contributed by atoms with Crippen LogP contribution in [-0.2, 0) is 10.0 Å². The summed E-state index contributed by atoms with van der Waals surface area (Å²) in [4.78, 5) is 22.2. The third kappa shape index (κ3) is 4.83. The van der Waals surface area contributed by atoms with E-state index in [4.69, 9.17) is 4.98 Å². The summed E-state index contributed by atoms with van der Waals surface area (Å²) < 4.78 is 28.8. The maximum Gasteiger partial charge on any atom is 0.252 e. The molecule has 172 valence electrons. The van der Waals surface area contributed by atoms with Gasteiger partial charge in [0, 0.05) is 35.9 Å². The first-order valence-electron chi connectivity index (χ1n) is 11.0. The van der Waals surface area contributed by atoms with E-state index in [2.05, 4.69) is 28.9 Å². The topological polar surface area (TPSA) is 106 Å². The Balaban J connectivity index is 2.05. The summed E-state index contributed by atoms with van der Waals surface area (Å²) in [6.07, 6.45) is 4.42. The molecule has 8 nitrogen and oxygen atoms in total. The number of nitrogens with one attached hydrogen (secondary N) is 2. The van der Waals surface area contributed by atoms with Crippen LogP contribution in [-0.4, -0.2) is 29.5 Å². The Kier molecular flexibility index (Phi) is 7.30. The van der Waals surface area contributed by atoms with E-state index in [0.29, 0.717) is 23.8 Å². The number of aromatic nitrogens is 3. The van der Waals surface area contributed by atoms with Gasteiger partial charge in [-0.2, -0.15) is 4.98 Å². The summed E-state index contributed by atoms with van der Waals surface area (Å²) in [6.45, 7) is 9.95. The monoisotopic (exact) mass is 457 g/mol. The number of hydrogen-bond donors (Lipinski definition) is 2. The third-order valence-corrected chi connectivity index (χ3v) is 7.09. The summed E-state index contributed by atoms with van der Waals surface area (Å²) in [6, 6.07) is 6.56. The molecule has 0 aliphatic heterocycles. The highest BCUT2D eigenvalue weighted by Gasteiger charge is 2.17. The highest BCUT2D eigenvalue weighted by molar-refractivity contribution is 7.89. The Morgan fingerprint density at radius 2 is 1.84 bits per heavy atom. The fourth-order valence-corrected chi connectivity index (χ4v) is 5.00. The lowest BCUT2D eigenvalue weighted by molar-refractivity contribution is 0.446. The van der Waals surface area contributed by atoms with E-state index < -0.39 is 10.0 Å². The van der Waals surface area contributed by atoms with E-state index in [1.54, 1.807) is 42.0 Å². The molecule has 2 heterocycles. The maximum atomic E-state index is 12.9. The average molecular weight is 458 g/mol. The van der Waals surface area contributed by atoms with Crippen LogP contribution >= 0.6 is 0 Å². The molecule has 2 N–H and O–H groups in total. The van der Waals surface area contributed by atoms with Gasteiger partial charge in [0.15, 0.2) is 0 Å². The quantitative estimate of drug-likeness (QED) is 0.499. The predicted molar refractivity (Wildman–Crippen MR) is 128 cm³/mol. The van der Waals surface area contributed by atoms with Crippen LogP contribution < -0.4 is 15.6 Å². The molecule has 0 fully saturated rings. The van der Waals surface area contributed by atoms with E-state index in [1.165, 1.54) is 0 Å². The molecular weight excluding hydrogens is 426 g/mol. The minimum Gasteiger partial charge on any atom is -0.324 e. The molecule has 3 aromatic rings. The molecule has 9 heteroatoms. The van der Waals surface area contributed by atoms with E-state index in [-0.39, 0.29) is 16.5 Å². The standard InChI is InChI=1S/C23H31N5O3S/c1-6-9-17(7-2)28-21(29)13-15(4)19-14-24-23(27-22(19)28)26-20-11-10-18(12-16(20)5)32(30,31)25-8-3/h10-14,17,25H,6-9H2,1-5H3,(H,24,26,27). The summed E-state index contributed by atoms with van der Waals surface area (Å²) in [5, 5.41) is 4.02. The highest BCUT2D eigenvalue weighted by Crippen LogP contribution is 2.26. The van der Waals surface area contributed by atoms with Crippen molar-refractivity contribution in [2.75, 3.05) is 11.9 Å². The first-order valence-corrected chi connectivity index (χ1v) is 12.5. The number of anilines is 2. The molecule has 0 spiro atoms. The summed E-state index contributed by atoms with van der Waals surface area (Å²) in [5.41, 5.74) is 2.83. The number of rotatable bonds is 9. The van der Waals surface area contributed by atoms with Gasteiger partial charge >= 0.3 is 0 Å². The Hall–Kier alpha value is -2.78. The van der Waals surface area contributed by atoms with E-state index in [9.17, 15) is 13.2 Å². The van der Waals surface area contributed by atoms with Crippen LogP contribution in [0.2, 0.25) is 0 Å². The Labute approximate surface area is 189 Å². The normalized spacial score (nSPS) is 12.8. The Morgan fingerprint density at radius 3 is 2.47 bits per heavy atom.